The number of hydrogen-bond donors (Lipinski definition) is 1. The first kappa shape index (κ1) is 20.5. The molecular weight excluding hydrogens is 414 g/mol. The van der Waals surface area contributed by atoms with E-state index >= 15 is 0 Å². The SMILES string of the molecule is O=C(CS(=O)(=O)Cc1c(Cl)cccc1Cl)Nc1ccc(C(F)(F)F)cc1. The predicted molar refractivity (Wildman–Crippen MR) is 94.0 cm³/mol. The fourth-order valence-corrected chi connectivity index (χ4v) is 4.09. The quantitative estimate of drug-likeness (QED) is 0.762. The number of halogens is 5. The minimum Gasteiger partial charge on any atom is -0.325 e. The summed E-state index contributed by atoms with van der Waals surface area (Å²) in [4.78, 5) is 11.9. The highest BCUT2D eigenvalue weighted by Crippen LogP contribution is 2.30. The van der Waals surface area contributed by atoms with E-state index < -0.39 is 39.0 Å². The van der Waals surface area contributed by atoms with Crippen molar-refractivity contribution in [3.05, 3.63) is 63.6 Å². The van der Waals surface area contributed by atoms with Gasteiger partial charge in [-0.25, -0.2) is 8.42 Å². The number of carbonyl (C=O) groups is 1. The van der Waals surface area contributed by atoms with Gasteiger partial charge in [0.2, 0.25) is 5.91 Å². The molecular formula is C16H12Cl2F3NO3S. The first-order chi connectivity index (χ1) is 12.0. The van der Waals surface area contributed by atoms with E-state index in [0.29, 0.717) is 0 Å². The van der Waals surface area contributed by atoms with Crippen LogP contribution in [0.15, 0.2) is 42.5 Å². The molecule has 0 bridgehead atoms. The van der Waals surface area contributed by atoms with Gasteiger partial charge >= 0.3 is 6.18 Å². The normalized spacial score (nSPS) is 12.0. The third-order valence-electron chi connectivity index (χ3n) is 3.27. The van der Waals surface area contributed by atoms with E-state index in [1.54, 1.807) is 6.07 Å². The maximum absolute atomic E-state index is 12.5. The summed E-state index contributed by atoms with van der Waals surface area (Å²) in [7, 11) is -3.89. The van der Waals surface area contributed by atoms with Gasteiger partial charge in [0.05, 0.1) is 11.3 Å². The van der Waals surface area contributed by atoms with Crippen LogP contribution < -0.4 is 5.32 Å². The van der Waals surface area contributed by atoms with E-state index in [2.05, 4.69) is 5.32 Å². The van der Waals surface area contributed by atoms with Gasteiger partial charge in [-0.3, -0.25) is 4.79 Å². The Morgan fingerprint density at radius 2 is 1.54 bits per heavy atom. The van der Waals surface area contributed by atoms with Gasteiger partial charge in [0.15, 0.2) is 9.84 Å². The van der Waals surface area contributed by atoms with E-state index in [9.17, 15) is 26.4 Å². The Morgan fingerprint density at radius 3 is 2.04 bits per heavy atom. The molecule has 2 aromatic rings. The molecule has 0 fully saturated rings. The molecule has 2 aromatic carbocycles. The average molecular weight is 426 g/mol. The van der Waals surface area contributed by atoms with Crippen LogP contribution in [-0.2, 0) is 26.6 Å². The average Bonchev–Trinajstić information content (AvgIpc) is 2.50. The van der Waals surface area contributed by atoms with Gasteiger partial charge < -0.3 is 5.32 Å². The Kier molecular flexibility index (Phi) is 6.21. The van der Waals surface area contributed by atoms with Crippen LogP contribution in [0.3, 0.4) is 0 Å². The van der Waals surface area contributed by atoms with E-state index in [-0.39, 0.29) is 21.3 Å². The number of carbonyl (C=O) groups excluding carboxylic acids is 1. The summed E-state index contributed by atoms with van der Waals surface area (Å²) in [6, 6.07) is 8.15. The number of benzene rings is 2. The maximum Gasteiger partial charge on any atom is 0.416 e. The van der Waals surface area contributed by atoms with Crippen LogP contribution in [0.1, 0.15) is 11.1 Å². The first-order valence-corrected chi connectivity index (χ1v) is 9.66. The highest BCUT2D eigenvalue weighted by atomic mass is 35.5. The van der Waals surface area contributed by atoms with Gasteiger partial charge in [-0.15, -0.1) is 0 Å². The van der Waals surface area contributed by atoms with Gasteiger partial charge in [-0.1, -0.05) is 29.3 Å². The molecule has 0 radical (unpaired) electrons. The van der Waals surface area contributed by atoms with Crippen LogP contribution in [0.4, 0.5) is 18.9 Å². The molecule has 0 aliphatic carbocycles. The molecule has 0 aromatic heterocycles. The highest BCUT2D eigenvalue weighted by molar-refractivity contribution is 7.91. The van der Waals surface area contributed by atoms with Crippen molar-refractivity contribution in [1.82, 2.24) is 0 Å². The van der Waals surface area contributed by atoms with Crippen LogP contribution in [0.2, 0.25) is 10.0 Å². The lowest BCUT2D eigenvalue weighted by molar-refractivity contribution is -0.137. The van der Waals surface area contributed by atoms with Gasteiger partial charge in [-0.05, 0) is 36.4 Å². The summed E-state index contributed by atoms with van der Waals surface area (Å²) in [6.07, 6.45) is -4.50. The van der Waals surface area contributed by atoms with Gasteiger partial charge in [0, 0.05) is 21.3 Å². The van der Waals surface area contributed by atoms with Crippen LogP contribution >= 0.6 is 23.2 Å². The van der Waals surface area contributed by atoms with Crippen LogP contribution in [0, 0.1) is 0 Å². The second kappa shape index (κ2) is 7.85. The summed E-state index contributed by atoms with van der Waals surface area (Å²) in [5.41, 5.74) is -0.649. The van der Waals surface area contributed by atoms with Crippen LogP contribution in [0.5, 0.6) is 0 Å². The lowest BCUT2D eigenvalue weighted by atomic mass is 10.2. The topological polar surface area (TPSA) is 63.2 Å². The maximum atomic E-state index is 12.5. The minimum atomic E-state index is -4.50. The largest absolute Gasteiger partial charge is 0.416 e. The summed E-state index contributed by atoms with van der Waals surface area (Å²) >= 11 is 11.8. The zero-order valence-corrected chi connectivity index (χ0v) is 15.3. The number of rotatable bonds is 5. The van der Waals surface area contributed by atoms with Crippen molar-refractivity contribution < 1.29 is 26.4 Å². The Hall–Kier alpha value is -1.77. The third kappa shape index (κ3) is 5.62. The van der Waals surface area contributed by atoms with E-state index in [0.717, 1.165) is 24.3 Å². The van der Waals surface area contributed by atoms with Crippen molar-refractivity contribution in [1.29, 1.82) is 0 Å². The molecule has 0 saturated carbocycles. The molecule has 1 N–H and O–H groups in total. The molecule has 0 unspecified atom stereocenters. The van der Waals surface area contributed by atoms with Crippen molar-refractivity contribution >= 4 is 44.6 Å². The van der Waals surface area contributed by atoms with Gasteiger partial charge in [0.25, 0.3) is 0 Å². The monoisotopic (exact) mass is 425 g/mol. The highest BCUT2D eigenvalue weighted by Gasteiger charge is 2.30. The zero-order chi connectivity index (χ0) is 19.5. The van der Waals surface area contributed by atoms with Crippen molar-refractivity contribution in [2.45, 2.75) is 11.9 Å². The van der Waals surface area contributed by atoms with Crippen molar-refractivity contribution in [2.24, 2.45) is 0 Å². The number of alkyl halides is 3. The van der Waals surface area contributed by atoms with Crippen molar-refractivity contribution in [3.63, 3.8) is 0 Å². The molecule has 0 heterocycles. The predicted octanol–water partition coefficient (Wildman–Crippen LogP) is 4.57. The Bertz CT molecular complexity index is 893. The van der Waals surface area contributed by atoms with Gasteiger partial charge in [0.1, 0.15) is 5.75 Å². The number of sulfone groups is 1. The van der Waals surface area contributed by atoms with Gasteiger partial charge in [-0.2, -0.15) is 13.2 Å². The molecule has 0 aliphatic heterocycles. The van der Waals surface area contributed by atoms with Crippen LogP contribution in [-0.4, -0.2) is 20.1 Å². The Balaban J connectivity index is 2.04. The molecule has 2 rings (SSSR count). The van der Waals surface area contributed by atoms with Crippen molar-refractivity contribution in [2.75, 3.05) is 11.1 Å². The van der Waals surface area contributed by atoms with Crippen LogP contribution in [0.25, 0.3) is 0 Å². The number of hydrogen-bond acceptors (Lipinski definition) is 3. The van der Waals surface area contributed by atoms with Crippen molar-refractivity contribution in [3.8, 4) is 0 Å². The summed E-state index contributed by atoms with van der Waals surface area (Å²) in [5, 5.41) is 2.55. The number of nitrogens with one attached hydrogen (secondary N) is 1. The summed E-state index contributed by atoms with van der Waals surface area (Å²) in [6.45, 7) is 0. The number of amides is 1. The van der Waals surface area contributed by atoms with E-state index in [1.165, 1.54) is 12.1 Å². The second-order valence-corrected chi connectivity index (χ2v) is 8.23. The lowest BCUT2D eigenvalue weighted by Crippen LogP contribution is -2.24. The molecule has 1 amide bonds. The lowest BCUT2D eigenvalue weighted by Gasteiger charge is -2.10. The smallest absolute Gasteiger partial charge is 0.325 e. The molecule has 140 valence electrons. The Labute approximate surface area is 157 Å². The summed E-state index contributed by atoms with van der Waals surface area (Å²) < 4.78 is 61.8. The van der Waals surface area contributed by atoms with E-state index in [4.69, 9.17) is 23.2 Å². The fraction of sp³-hybridized carbons (Fsp3) is 0.188. The molecule has 0 atom stereocenters. The number of anilines is 1. The minimum absolute atomic E-state index is 0.0500. The molecule has 0 spiro atoms. The molecule has 26 heavy (non-hydrogen) atoms. The second-order valence-electron chi connectivity index (χ2n) is 5.36. The fourth-order valence-electron chi connectivity index (χ4n) is 2.08. The molecule has 10 heteroatoms. The first-order valence-electron chi connectivity index (χ1n) is 7.08. The molecule has 0 aliphatic rings. The Morgan fingerprint density at radius 1 is 1.00 bits per heavy atom. The molecule has 4 nitrogen and oxygen atoms in total. The van der Waals surface area contributed by atoms with E-state index in [1.807, 2.05) is 0 Å². The zero-order valence-electron chi connectivity index (χ0n) is 13.0. The summed E-state index contributed by atoms with van der Waals surface area (Å²) in [5.74, 6) is -2.28. The molecule has 0 saturated heterocycles. The standard InChI is InChI=1S/C16H12Cl2F3NO3S/c17-13-2-1-3-14(18)12(13)8-26(24,25)9-15(23)22-11-6-4-10(5-7-11)16(19,20)21/h1-7H,8-9H2,(H,22,23). The third-order valence-corrected chi connectivity index (χ3v) is 5.41.